The molecule has 1 aliphatic heterocycles. The minimum Gasteiger partial charge on any atom is -0.480 e. The quantitative estimate of drug-likeness (QED) is 0.885. The summed E-state index contributed by atoms with van der Waals surface area (Å²) in [5.41, 5.74) is 0.199. The zero-order valence-corrected chi connectivity index (χ0v) is 12.7. The molecule has 0 bridgehead atoms. The van der Waals surface area contributed by atoms with Crippen LogP contribution in [0.4, 0.5) is 0 Å². The number of nitrogens with one attached hydrogen (secondary N) is 1. The summed E-state index contributed by atoms with van der Waals surface area (Å²) in [6, 6.07) is 0.442. The molecule has 0 radical (unpaired) electrons. The van der Waals surface area contributed by atoms with Crippen molar-refractivity contribution < 1.29 is 19.4 Å². The second-order valence-electron chi connectivity index (χ2n) is 4.50. The molecule has 110 valence electrons. The maximum Gasteiger partial charge on any atom is 0.326 e. The maximum atomic E-state index is 12.1. The van der Waals surface area contributed by atoms with Crippen molar-refractivity contribution in [3.05, 3.63) is 20.3 Å². The summed E-state index contributed by atoms with van der Waals surface area (Å²) in [5.74, 6) is -1.85. The average molecular weight is 338 g/mol. The van der Waals surface area contributed by atoms with Crippen LogP contribution in [0.25, 0.3) is 0 Å². The summed E-state index contributed by atoms with van der Waals surface area (Å²) in [7, 11) is 0. The monoisotopic (exact) mass is 337 g/mol. The van der Waals surface area contributed by atoms with Gasteiger partial charge >= 0.3 is 5.97 Å². The number of carboxylic acid groups (broad SMARTS) is 1. The Labute approximate surface area is 129 Å². The van der Waals surface area contributed by atoms with Gasteiger partial charge in [0.1, 0.15) is 10.4 Å². The van der Waals surface area contributed by atoms with E-state index >= 15 is 0 Å². The average Bonchev–Trinajstić information content (AvgIpc) is 2.75. The fraction of sp³-hybridized carbons (Fsp3) is 0.500. The molecule has 1 amide bonds. The Hall–Kier alpha value is -0.820. The van der Waals surface area contributed by atoms with Crippen LogP contribution in [0.15, 0.2) is 6.07 Å². The highest BCUT2D eigenvalue weighted by Crippen LogP contribution is 2.31. The number of aliphatic carboxylic acids is 1. The van der Waals surface area contributed by atoms with E-state index in [2.05, 4.69) is 5.32 Å². The van der Waals surface area contributed by atoms with Crippen molar-refractivity contribution in [2.24, 2.45) is 5.92 Å². The summed E-state index contributed by atoms with van der Waals surface area (Å²) < 4.78 is 5.90. The van der Waals surface area contributed by atoms with Gasteiger partial charge in [-0.25, -0.2) is 4.79 Å². The predicted octanol–water partition coefficient (Wildman–Crippen LogP) is 2.66. The van der Waals surface area contributed by atoms with Gasteiger partial charge in [0.15, 0.2) is 0 Å². The second-order valence-corrected chi connectivity index (χ2v) is 6.79. The van der Waals surface area contributed by atoms with Crippen molar-refractivity contribution in [1.29, 1.82) is 0 Å². The summed E-state index contributed by atoms with van der Waals surface area (Å²) in [4.78, 5) is 23.4. The molecule has 20 heavy (non-hydrogen) atoms. The highest BCUT2D eigenvalue weighted by atomic mass is 35.5. The molecule has 0 spiro atoms. The number of carbonyl (C=O) groups excluding carboxylic acids is 1. The molecule has 5 nitrogen and oxygen atoms in total. The van der Waals surface area contributed by atoms with Crippen molar-refractivity contribution in [2.75, 3.05) is 13.2 Å². The van der Waals surface area contributed by atoms with Gasteiger partial charge in [-0.05, 0) is 18.9 Å². The molecule has 8 heteroatoms. The van der Waals surface area contributed by atoms with Gasteiger partial charge in [0, 0.05) is 12.5 Å². The Morgan fingerprint density at radius 3 is 2.75 bits per heavy atom. The number of carbonyl (C=O) groups is 2. The second kappa shape index (κ2) is 6.76. The number of hydrogen-bond acceptors (Lipinski definition) is 4. The van der Waals surface area contributed by atoms with Crippen LogP contribution in [-0.4, -0.2) is 36.2 Å². The molecule has 2 heterocycles. The SMILES string of the molecule is O=C(NC(C(=O)O)C1CCCOC1)c1cc(Cl)sc1Cl. The van der Waals surface area contributed by atoms with Gasteiger partial charge in [-0.2, -0.15) is 0 Å². The van der Waals surface area contributed by atoms with E-state index in [0.717, 1.165) is 17.8 Å². The lowest BCUT2D eigenvalue weighted by atomic mass is 9.93. The number of rotatable bonds is 4. The highest BCUT2D eigenvalue weighted by Gasteiger charge is 2.32. The first-order valence-electron chi connectivity index (χ1n) is 6.05. The third kappa shape index (κ3) is 3.63. The van der Waals surface area contributed by atoms with E-state index in [0.29, 0.717) is 24.0 Å². The Kier molecular flexibility index (Phi) is 5.26. The molecule has 1 aliphatic rings. The first-order chi connectivity index (χ1) is 9.49. The summed E-state index contributed by atoms with van der Waals surface area (Å²) in [6.45, 7) is 0.956. The third-order valence-electron chi connectivity index (χ3n) is 3.12. The Morgan fingerprint density at radius 1 is 1.50 bits per heavy atom. The van der Waals surface area contributed by atoms with Gasteiger partial charge in [0.25, 0.3) is 5.91 Å². The van der Waals surface area contributed by atoms with Crippen LogP contribution in [0, 0.1) is 5.92 Å². The van der Waals surface area contributed by atoms with Crippen LogP contribution < -0.4 is 5.32 Å². The summed E-state index contributed by atoms with van der Waals surface area (Å²) >= 11 is 12.7. The van der Waals surface area contributed by atoms with Crippen LogP contribution >= 0.6 is 34.5 Å². The molecule has 1 aromatic rings. The Bertz CT molecular complexity index is 514. The largest absolute Gasteiger partial charge is 0.480 e. The van der Waals surface area contributed by atoms with Gasteiger partial charge in [-0.3, -0.25) is 4.79 Å². The molecule has 2 unspecified atom stereocenters. The van der Waals surface area contributed by atoms with E-state index in [1.807, 2.05) is 0 Å². The van der Waals surface area contributed by atoms with E-state index < -0.39 is 17.9 Å². The van der Waals surface area contributed by atoms with Crippen LogP contribution in [-0.2, 0) is 9.53 Å². The number of thiophene rings is 1. The highest BCUT2D eigenvalue weighted by molar-refractivity contribution is 7.20. The molecular formula is C12H13Cl2NO4S. The molecule has 2 rings (SSSR count). The third-order valence-corrected chi connectivity index (χ3v) is 4.61. The minimum atomic E-state index is -1.08. The number of amides is 1. The number of carboxylic acids is 1. The molecule has 2 atom stereocenters. The van der Waals surface area contributed by atoms with Gasteiger partial charge in [-0.1, -0.05) is 23.2 Å². The van der Waals surface area contributed by atoms with E-state index in [1.54, 1.807) is 0 Å². The number of hydrogen-bond donors (Lipinski definition) is 2. The van der Waals surface area contributed by atoms with E-state index in [-0.39, 0.29) is 15.8 Å². The van der Waals surface area contributed by atoms with Crippen molar-refractivity contribution in [2.45, 2.75) is 18.9 Å². The molecule has 0 saturated carbocycles. The topological polar surface area (TPSA) is 75.6 Å². The zero-order valence-electron chi connectivity index (χ0n) is 10.4. The predicted molar refractivity (Wildman–Crippen MR) is 76.8 cm³/mol. The van der Waals surface area contributed by atoms with Crippen molar-refractivity contribution in [3.63, 3.8) is 0 Å². The lowest BCUT2D eigenvalue weighted by Gasteiger charge is -2.28. The standard InChI is InChI=1S/C12H13Cl2NO4S/c13-8-4-7(10(14)20-8)11(16)15-9(12(17)18)6-2-1-3-19-5-6/h4,6,9H,1-3,5H2,(H,15,16)(H,17,18). The van der Waals surface area contributed by atoms with Crippen LogP contribution in [0.5, 0.6) is 0 Å². The van der Waals surface area contributed by atoms with Gasteiger partial charge < -0.3 is 15.2 Å². The van der Waals surface area contributed by atoms with Gasteiger partial charge in [0.2, 0.25) is 0 Å². The number of halogens is 2. The van der Waals surface area contributed by atoms with E-state index in [4.69, 9.17) is 27.9 Å². The maximum absolute atomic E-state index is 12.1. The first-order valence-corrected chi connectivity index (χ1v) is 7.62. The molecule has 1 fully saturated rings. The zero-order chi connectivity index (χ0) is 14.7. The normalized spacial score (nSPS) is 20.4. The molecule has 0 aromatic carbocycles. The molecule has 1 aromatic heterocycles. The Morgan fingerprint density at radius 2 is 2.25 bits per heavy atom. The van der Waals surface area contributed by atoms with Crippen LogP contribution in [0.2, 0.25) is 8.67 Å². The van der Waals surface area contributed by atoms with Gasteiger partial charge in [-0.15, -0.1) is 11.3 Å². The molecule has 1 saturated heterocycles. The Balaban J connectivity index is 2.09. The lowest BCUT2D eigenvalue weighted by molar-refractivity contribution is -0.142. The lowest BCUT2D eigenvalue weighted by Crippen LogP contribution is -2.48. The van der Waals surface area contributed by atoms with Crippen LogP contribution in [0.3, 0.4) is 0 Å². The van der Waals surface area contributed by atoms with E-state index in [1.165, 1.54) is 6.07 Å². The summed E-state index contributed by atoms with van der Waals surface area (Å²) in [5, 5.41) is 11.8. The van der Waals surface area contributed by atoms with Gasteiger partial charge in [0.05, 0.1) is 16.5 Å². The fourth-order valence-electron chi connectivity index (χ4n) is 2.12. The minimum absolute atomic E-state index is 0.199. The fourth-order valence-corrected chi connectivity index (χ4v) is 3.58. The van der Waals surface area contributed by atoms with Crippen LogP contribution in [0.1, 0.15) is 23.2 Å². The van der Waals surface area contributed by atoms with E-state index in [9.17, 15) is 14.7 Å². The molecule has 0 aliphatic carbocycles. The molecular weight excluding hydrogens is 325 g/mol. The van der Waals surface area contributed by atoms with Crippen molar-refractivity contribution in [3.8, 4) is 0 Å². The number of ether oxygens (including phenoxy) is 1. The van der Waals surface area contributed by atoms with Crippen molar-refractivity contribution >= 4 is 46.4 Å². The smallest absolute Gasteiger partial charge is 0.326 e. The first kappa shape index (κ1) is 15.6. The van der Waals surface area contributed by atoms with Crippen molar-refractivity contribution in [1.82, 2.24) is 5.32 Å². The summed E-state index contributed by atoms with van der Waals surface area (Å²) in [6.07, 6.45) is 1.49. The molecule has 2 N–H and O–H groups in total.